The number of carbonyl (C=O) groups excluding carboxylic acids is 2. The molecule has 0 aliphatic carbocycles. The van der Waals surface area contributed by atoms with E-state index >= 15 is 0 Å². The molecule has 0 spiro atoms. The smallest absolute Gasteiger partial charge is 0.243 e. The lowest BCUT2D eigenvalue weighted by Gasteiger charge is -2.32. The number of likely N-dealkylation sites (N-methyl/N-ethyl adjacent to an activating group) is 1. The maximum absolute atomic E-state index is 13.7. The molecular formula is C29H34ClN3O4S. The number of hydrogen-bond donors (Lipinski definition) is 1. The second-order valence-electron chi connectivity index (χ2n) is 9.02. The van der Waals surface area contributed by atoms with Crippen LogP contribution in [0.3, 0.4) is 0 Å². The predicted octanol–water partition coefficient (Wildman–Crippen LogP) is 4.66. The fourth-order valence-corrected chi connectivity index (χ4v) is 5.33. The van der Waals surface area contributed by atoms with Crippen molar-refractivity contribution in [3.05, 3.63) is 101 Å². The standard InChI is InChI=1S/C29H34ClN3O4S/c1-3-31-29(35)27(21-23-11-6-4-7-12-23)32(22-24-13-8-5-9-14-24)28(34)15-10-20-33(38(2,36)37)26-18-16-25(30)17-19-26/h4-9,11-14,16-19,27H,3,10,15,20-22H2,1-2H3,(H,31,35)/t27-/m0/s1. The Morgan fingerprint density at radius 3 is 2.03 bits per heavy atom. The van der Waals surface area contributed by atoms with Gasteiger partial charge < -0.3 is 10.2 Å². The number of hydrogen-bond acceptors (Lipinski definition) is 4. The molecule has 0 aliphatic heterocycles. The number of amides is 2. The number of carbonyl (C=O) groups is 2. The number of nitrogens with one attached hydrogen (secondary N) is 1. The molecule has 7 nitrogen and oxygen atoms in total. The number of halogens is 1. The van der Waals surface area contributed by atoms with Crippen molar-refractivity contribution in [2.45, 2.75) is 38.8 Å². The zero-order chi connectivity index (χ0) is 27.5. The van der Waals surface area contributed by atoms with Gasteiger partial charge in [-0.15, -0.1) is 0 Å². The number of rotatable bonds is 13. The number of sulfonamides is 1. The molecule has 202 valence electrons. The molecule has 2 amide bonds. The largest absolute Gasteiger partial charge is 0.355 e. The van der Waals surface area contributed by atoms with E-state index in [2.05, 4.69) is 5.32 Å². The molecule has 1 atom stereocenters. The van der Waals surface area contributed by atoms with Gasteiger partial charge in [-0.3, -0.25) is 13.9 Å². The van der Waals surface area contributed by atoms with E-state index in [1.807, 2.05) is 67.6 Å². The summed E-state index contributed by atoms with van der Waals surface area (Å²) in [5.41, 5.74) is 2.33. The topological polar surface area (TPSA) is 86.8 Å². The van der Waals surface area contributed by atoms with Crippen LogP contribution in [0.2, 0.25) is 5.02 Å². The summed E-state index contributed by atoms with van der Waals surface area (Å²) in [6.45, 7) is 2.68. The fourth-order valence-electron chi connectivity index (χ4n) is 4.24. The molecule has 0 radical (unpaired) electrons. The minimum atomic E-state index is -3.57. The summed E-state index contributed by atoms with van der Waals surface area (Å²) in [5.74, 6) is -0.440. The van der Waals surface area contributed by atoms with E-state index in [4.69, 9.17) is 11.6 Å². The Kier molecular flexibility index (Phi) is 10.7. The second-order valence-corrected chi connectivity index (χ2v) is 11.4. The van der Waals surface area contributed by atoms with Crippen molar-refractivity contribution >= 4 is 39.1 Å². The lowest BCUT2D eigenvalue weighted by atomic mass is 10.0. The van der Waals surface area contributed by atoms with Gasteiger partial charge in [0.25, 0.3) is 0 Å². The molecule has 38 heavy (non-hydrogen) atoms. The number of nitrogens with zero attached hydrogens (tertiary/aromatic N) is 2. The summed E-state index contributed by atoms with van der Waals surface area (Å²) in [4.78, 5) is 28.5. The molecule has 0 fully saturated rings. The normalized spacial score (nSPS) is 12.0. The highest BCUT2D eigenvalue weighted by Gasteiger charge is 2.30. The van der Waals surface area contributed by atoms with Crippen molar-refractivity contribution < 1.29 is 18.0 Å². The summed E-state index contributed by atoms with van der Waals surface area (Å²) >= 11 is 5.96. The van der Waals surface area contributed by atoms with Gasteiger partial charge in [0.05, 0.1) is 11.9 Å². The third-order valence-corrected chi connectivity index (χ3v) is 7.53. The maximum atomic E-state index is 13.7. The molecule has 3 aromatic rings. The lowest BCUT2D eigenvalue weighted by Crippen LogP contribution is -2.50. The van der Waals surface area contributed by atoms with Gasteiger partial charge >= 0.3 is 0 Å². The Hall–Kier alpha value is -3.36. The Morgan fingerprint density at radius 1 is 0.895 bits per heavy atom. The molecule has 9 heteroatoms. The number of benzene rings is 3. The van der Waals surface area contributed by atoms with Crippen molar-refractivity contribution in [2.75, 3.05) is 23.7 Å². The lowest BCUT2D eigenvalue weighted by molar-refractivity contribution is -0.141. The van der Waals surface area contributed by atoms with Crippen molar-refractivity contribution in [2.24, 2.45) is 0 Å². The summed E-state index contributed by atoms with van der Waals surface area (Å²) in [6, 6.07) is 24.9. The minimum Gasteiger partial charge on any atom is -0.355 e. The Balaban J connectivity index is 1.83. The van der Waals surface area contributed by atoms with Crippen molar-refractivity contribution in [3.63, 3.8) is 0 Å². The van der Waals surface area contributed by atoms with Gasteiger partial charge in [0.1, 0.15) is 6.04 Å². The number of anilines is 1. The van der Waals surface area contributed by atoms with Crippen LogP contribution in [0.15, 0.2) is 84.9 Å². The molecule has 0 bridgehead atoms. The van der Waals surface area contributed by atoms with Crippen LogP contribution >= 0.6 is 11.6 Å². The van der Waals surface area contributed by atoms with E-state index < -0.39 is 16.1 Å². The van der Waals surface area contributed by atoms with E-state index in [9.17, 15) is 18.0 Å². The van der Waals surface area contributed by atoms with Gasteiger partial charge in [0.15, 0.2) is 0 Å². The van der Waals surface area contributed by atoms with Gasteiger partial charge in [-0.25, -0.2) is 8.42 Å². The predicted molar refractivity (Wildman–Crippen MR) is 152 cm³/mol. The molecule has 3 rings (SSSR count). The molecule has 3 aromatic carbocycles. The second kappa shape index (κ2) is 14.0. The third kappa shape index (κ3) is 8.60. The monoisotopic (exact) mass is 555 g/mol. The zero-order valence-electron chi connectivity index (χ0n) is 21.7. The summed E-state index contributed by atoms with van der Waals surface area (Å²) < 4.78 is 26.2. The first-order valence-corrected chi connectivity index (χ1v) is 14.8. The molecule has 0 aromatic heterocycles. The van der Waals surface area contributed by atoms with Crippen LogP contribution in [-0.2, 0) is 32.6 Å². The minimum absolute atomic E-state index is 0.0805. The molecule has 0 heterocycles. The summed E-state index contributed by atoms with van der Waals surface area (Å²) in [6.07, 6.45) is 1.87. The third-order valence-electron chi connectivity index (χ3n) is 6.08. The summed E-state index contributed by atoms with van der Waals surface area (Å²) in [7, 11) is -3.57. The Morgan fingerprint density at radius 2 is 1.47 bits per heavy atom. The van der Waals surface area contributed by atoms with E-state index in [-0.39, 0.29) is 37.7 Å². The first-order chi connectivity index (χ1) is 18.2. The van der Waals surface area contributed by atoms with Gasteiger partial charge in [-0.2, -0.15) is 0 Å². The van der Waals surface area contributed by atoms with Crippen molar-refractivity contribution in [1.29, 1.82) is 0 Å². The highest BCUT2D eigenvalue weighted by Crippen LogP contribution is 2.22. The van der Waals surface area contributed by atoms with Crippen LogP contribution in [0.5, 0.6) is 0 Å². The molecule has 1 N–H and O–H groups in total. The van der Waals surface area contributed by atoms with Gasteiger partial charge in [-0.05, 0) is 48.7 Å². The highest BCUT2D eigenvalue weighted by molar-refractivity contribution is 7.92. The SMILES string of the molecule is CCNC(=O)[C@H](Cc1ccccc1)N(Cc1ccccc1)C(=O)CCCN(c1ccc(Cl)cc1)S(C)(=O)=O. The van der Waals surface area contributed by atoms with Crippen LogP contribution < -0.4 is 9.62 Å². The average Bonchev–Trinajstić information content (AvgIpc) is 2.90. The average molecular weight is 556 g/mol. The molecular weight excluding hydrogens is 522 g/mol. The summed E-state index contributed by atoms with van der Waals surface area (Å²) in [5, 5.41) is 3.38. The maximum Gasteiger partial charge on any atom is 0.243 e. The molecule has 0 unspecified atom stereocenters. The van der Waals surface area contributed by atoms with Gasteiger partial charge in [0.2, 0.25) is 21.8 Å². The fraction of sp³-hybridized carbons (Fsp3) is 0.310. The zero-order valence-corrected chi connectivity index (χ0v) is 23.3. The Bertz CT molecular complexity index is 1290. The van der Waals surface area contributed by atoms with Crippen LogP contribution in [0.1, 0.15) is 30.9 Å². The quantitative estimate of drug-likeness (QED) is 0.332. The molecule has 0 aliphatic rings. The van der Waals surface area contributed by atoms with E-state index in [1.54, 1.807) is 29.2 Å². The van der Waals surface area contributed by atoms with Crippen molar-refractivity contribution in [1.82, 2.24) is 10.2 Å². The molecule has 0 saturated carbocycles. The van der Waals surface area contributed by atoms with E-state index in [0.29, 0.717) is 23.7 Å². The van der Waals surface area contributed by atoms with Crippen LogP contribution in [0.4, 0.5) is 5.69 Å². The first-order valence-electron chi connectivity index (χ1n) is 12.6. The van der Waals surface area contributed by atoms with Crippen LogP contribution in [-0.4, -0.2) is 50.5 Å². The van der Waals surface area contributed by atoms with Crippen LogP contribution in [0, 0.1) is 0 Å². The van der Waals surface area contributed by atoms with E-state index in [1.165, 1.54) is 4.31 Å². The highest BCUT2D eigenvalue weighted by atomic mass is 35.5. The van der Waals surface area contributed by atoms with Crippen LogP contribution in [0.25, 0.3) is 0 Å². The van der Waals surface area contributed by atoms with Gasteiger partial charge in [-0.1, -0.05) is 72.3 Å². The Labute approximate surface area is 230 Å². The van der Waals surface area contributed by atoms with E-state index in [0.717, 1.165) is 17.4 Å². The van der Waals surface area contributed by atoms with Crippen molar-refractivity contribution in [3.8, 4) is 0 Å². The molecule has 0 saturated heterocycles. The van der Waals surface area contributed by atoms with Gasteiger partial charge in [0, 0.05) is 37.5 Å². The first kappa shape index (κ1) is 29.2.